The molecule has 0 unspecified atom stereocenters. The summed E-state index contributed by atoms with van der Waals surface area (Å²) in [6, 6.07) is 3.53. The summed E-state index contributed by atoms with van der Waals surface area (Å²) in [4.78, 5) is 10.0. The molecule has 0 aliphatic rings. The second-order valence-corrected chi connectivity index (χ2v) is 3.06. The van der Waals surface area contributed by atoms with Crippen LogP contribution in [-0.4, -0.2) is 34.8 Å². The molecule has 0 spiro atoms. The van der Waals surface area contributed by atoms with Crippen molar-refractivity contribution in [3.8, 4) is 6.07 Å². The molecule has 0 bridgehead atoms. The van der Waals surface area contributed by atoms with Crippen molar-refractivity contribution in [2.75, 3.05) is 24.6 Å². The van der Waals surface area contributed by atoms with E-state index >= 15 is 0 Å². The Morgan fingerprint density at radius 3 is 2.93 bits per heavy atom. The first-order valence-electron chi connectivity index (χ1n) is 4.90. The zero-order chi connectivity index (χ0) is 11.1. The van der Waals surface area contributed by atoms with Gasteiger partial charge in [0.05, 0.1) is 6.61 Å². The highest BCUT2D eigenvalue weighted by Gasteiger charge is 2.08. The van der Waals surface area contributed by atoms with Crippen molar-refractivity contribution in [2.45, 2.75) is 13.3 Å². The first-order valence-corrected chi connectivity index (χ1v) is 4.90. The number of aliphatic hydroxyl groups excluding tert-OH is 1. The molecular weight excluding hydrogens is 192 g/mol. The van der Waals surface area contributed by atoms with Crippen LogP contribution in [0.25, 0.3) is 0 Å². The molecule has 0 amide bonds. The van der Waals surface area contributed by atoms with E-state index in [4.69, 9.17) is 10.4 Å². The van der Waals surface area contributed by atoms with Crippen molar-refractivity contribution >= 4 is 5.95 Å². The highest BCUT2D eigenvalue weighted by molar-refractivity contribution is 5.33. The molecular formula is C10H14N4O. The predicted molar refractivity (Wildman–Crippen MR) is 56.3 cm³/mol. The summed E-state index contributed by atoms with van der Waals surface area (Å²) >= 11 is 0. The van der Waals surface area contributed by atoms with Gasteiger partial charge in [-0.25, -0.2) is 9.97 Å². The summed E-state index contributed by atoms with van der Waals surface area (Å²) in [5.74, 6) is 0.505. The van der Waals surface area contributed by atoms with E-state index < -0.39 is 0 Å². The lowest BCUT2D eigenvalue weighted by atomic mass is 10.4. The van der Waals surface area contributed by atoms with Gasteiger partial charge in [0.1, 0.15) is 11.8 Å². The first kappa shape index (κ1) is 11.4. The lowest BCUT2D eigenvalue weighted by Crippen LogP contribution is -2.29. The van der Waals surface area contributed by atoms with Gasteiger partial charge in [-0.1, -0.05) is 6.92 Å². The molecule has 1 heterocycles. The molecule has 15 heavy (non-hydrogen) atoms. The summed E-state index contributed by atoms with van der Waals surface area (Å²) in [6.45, 7) is 3.36. The van der Waals surface area contributed by atoms with Crippen LogP contribution in [-0.2, 0) is 0 Å². The Bertz CT molecular complexity index is 342. The van der Waals surface area contributed by atoms with Gasteiger partial charge in [0.2, 0.25) is 5.95 Å². The smallest absolute Gasteiger partial charge is 0.226 e. The number of nitriles is 1. The van der Waals surface area contributed by atoms with Gasteiger partial charge >= 0.3 is 0 Å². The van der Waals surface area contributed by atoms with Crippen LogP contribution in [0.4, 0.5) is 5.95 Å². The Morgan fingerprint density at radius 2 is 2.33 bits per heavy atom. The van der Waals surface area contributed by atoms with Crippen LogP contribution in [0, 0.1) is 11.3 Å². The van der Waals surface area contributed by atoms with Crippen molar-refractivity contribution in [1.82, 2.24) is 9.97 Å². The maximum atomic E-state index is 8.89. The summed E-state index contributed by atoms with van der Waals surface area (Å²) in [7, 11) is 0. The second-order valence-electron chi connectivity index (χ2n) is 3.06. The third kappa shape index (κ3) is 3.18. The topological polar surface area (TPSA) is 73.0 Å². The van der Waals surface area contributed by atoms with E-state index in [1.165, 1.54) is 0 Å². The lowest BCUT2D eigenvalue weighted by molar-refractivity contribution is 0.301. The van der Waals surface area contributed by atoms with Gasteiger partial charge in [-0.3, -0.25) is 0 Å². The SMILES string of the molecule is CCCN(CCO)c1nccc(C#N)n1. The summed E-state index contributed by atoms with van der Waals surface area (Å²) < 4.78 is 0. The van der Waals surface area contributed by atoms with Crippen LogP contribution in [0.5, 0.6) is 0 Å². The Hall–Kier alpha value is -1.67. The van der Waals surface area contributed by atoms with Gasteiger partial charge in [-0.05, 0) is 12.5 Å². The van der Waals surface area contributed by atoms with Gasteiger partial charge in [-0.2, -0.15) is 5.26 Å². The second kappa shape index (κ2) is 5.94. The third-order valence-electron chi connectivity index (χ3n) is 1.90. The normalized spacial score (nSPS) is 9.67. The van der Waals surface area contributed by atoms with Crippen LogP contribution in [0.2, 0.25) is 0 Å². The van der Waals surface area contributed by atoms with Crippen molar-refractivity contribution < 1.29 is 5.11 Å². The summed E-state index contributed by atoms with van der Waals surface area (Å²) in [5, 5.41) is 17.6. The molecule has 5 heteroatoms. The molecule has 0 aliphatic carbocycles. The van der Waals surface area contributed by atoms with E-state index in [-0.39, 0.29) is 6.61 Å². The Kier molecular flexibility index (Phi) is 4.51. The van der Waals surface area contributed by atoms with Crippen molar-refractivity contribution in [1.29, 1.82) is 5.26 Å². The van der Waals surface area contributed by atoms with E-state index in [2.05, 4.69) is 9.97 Å². The Labute approximate surface area is 89.0 Å². The van der Waals surface area contributed by atoms with Gasteiger partial charge in [0.15, 0.2) is 0 Å². The minimum Gasteiger partial charge on any atom is -0.395 e. The molecule has 0 aromatic carbocycles. The summed E-state index contributed by atoms with van der Waals surface area (Å²) in [5.41, 5.74) is 0.346. The number of hydrogen-bond acceptors (Lipinski definition) is 5. The maximum absolute atomic E-state index is 8.89. The third-order valence-corrected chi connectivity index (χ3v) is 1.90. The number of hydrogen-bond donors (Lipinski definition) is 1. The van der Waals surface area contributed by atoms with Gasteiger partial charge in [0.25, 0.3) is 0 Å². The monoisotopic (exact) mass is 206 g/mol. The van der Waals surface area contributed by atoms with Crippen LogP contribution in [0.3, 0.4) is 0 Å². The molecule has 1 N–H and O–H groups in total. The highest BCUT2D eigenvalue weighted by Crippen LogP contribution is 2.07. The molecule has 0 radical (unpaired) electrons. The fourth-order valence-corrected chi connectivity index (χ4v) is 1.27. The van der Waals surface area contributed by atoms with Crippen molar-refractivity contribution in [2.24, 2.45) is 0 Å². The highest BCUT2D eigenvalue weighted by atomic mass is 16.3. The summed E-state index contributed by atoms with van der Waals surface area (Å²) in [6.07, 6.45) is 2.50. The zero-order valence-electron chi connectivity index (χ0n) is 8.72. The quantitative estimate of drug-likeness (QED) is 0.762. The molecule has 1 aromatic rings. The van der Waals surface area contributed by atoms with Gasteiger partial charge in [0, 0.05) is 19.3 Å². The number of aromatic nitrogens is 2. The molecule has 0 fully saturated rings. The average molecular weight is 206 g/mol. The number of anilines is 1. The Balaban J connectivity index is 2.85. The van der Waals surface area contributed by atoms with Crippen molar-refractivity contribution in [3.63, 3.8) is 0 Å². The van der Waals surface area contributed by atoms with E-state index in [9.17, 15) is 0 Å². The van der Waals surface area contributed by atoms with Gasteiger partial charge < -0.3 is 10.0 Å². The molecule has 80 valence electrons. The van der Waals surface area contributed by atoms with E-state index in [0.29, 0.717) is 18.2 Å². The average Bonchev–Trinajstić information content (AvgIpc) is 2.29. The predicted octanol–water partition coefficient (Wildman–Crippen LogP) is 0.557. The standard InChI is InChI=1S/C10H14N4O/c1-2-5-14(6-7-15)10-12-4-3-9(8-11)13-10/h3-4,15H,2,5-7H2,1H3. The molecule has 1 aromatic heterocycles. The van der Waals surface area contributed by atoms with E-state index in [1.54, 1.807) is 12.3 Å². The fraction of sp³-hybridized carbons (Fsp3) is 0.500. The largest absolute Gasteiger partial charge is 0.395 e. The molecule has 0 saturated carbocycles. The van der Waals surface area contributed by atoms with E-state index in [1.807, 2.05) is 17.9 Å². The fourth-order valence-electron chi connectivity index (χ4n) is 1.27. The lowest BCUT2D eigenvalue weighted by Gasteiger charge is -2.20. The Morgan fingerprint density at radius 1 is 1.53 bits per heavy atom. The van der Waals surface area contributed by atoms with Crippen LogP contribution < -0.4 is 4.90 Å². The number of rotatable bonds is 5. The van der Waals surface area contributed by atoms with Crippen LogP contribution in [0.1, 0.15) is 19.0 Å². The minimum atomic E-state index is 0.0557. The van der Waals surface area contributed by atoms with Gasteiger partial charge in [-0.15, -0.1) is 0 Å². The minimum absolute atomic E-state index is 0.0557. The van der Waals surface area contributed by atoms with E-state index in [0.717, 1.165) is 13.0 Å². The molecule has 5 nitrogen and oxygen atoms in total. The van der Waals surface area contributed by atoms with Crippen LogP contribution in [0.15, 0.2) is 12.3 Å². The number of nitrogens with zero attached hydrogens (tertiary/aromatic N) is 4. The molecule has 0 atom stereocenters. The maximum Gasteiger partial charge on any atom is 0.226 e. The zero-order valence-corrected chi connectivity index (χ0v) is 8.72. The van der Waals surface area contributed by atoms with Crippen molar-refractivity contribution in [3.05, 3.63) is 18.0 Å². The molecule has 0 aliphatic heterocycles. The first-order chi connectivity index (χ1) is 7.31. The molecule has 0 saturated heterocycles. The number of aliphatic hydroxyl groups is 1. The molecule has 1 rings (SSSR count). The van der Waals surface area contributed by atoms with Crippen LogP contribution >= 0.6 is 0 Å².